The Morgan fingerprint density at radius 1 is 1.08 bits per heavy atom. The molecule has 26 heavy (non-hydrogen) atoms. The largest absolute Gasteiger partial charge is 0.497 e. The van der Waals surface area contributed by atoms with Crippen molar-refractivity contribution in [2.24, 2.45) is 0 Å². The van der Waals surface area contributed by atoms with Gasteiger partial charge in [0.2, 0.25) is 11.8 Å². The Hall–Kier alpha value is -2.56. The average molecular weight is 354 g/mol. The van der Waals surface area contributed by atoms with Crippen molar-refractivity contribution in [1.82, 2.24) is 4.98 Å². The van der Waals surface area contributed by atoms with E-state index in [0.717, 1.165) is 42.6 Å². The van der Waals surface area contributed by atoms with E-state index < -0.39 is 5.41 Å². The van der Waals surface area contributed by atoms with Crippen molar-refractivity contribution in [2.75, 3.05) is 19.5 Å². The molecule has 1 aromatic heterocycles. The van der Waals surface area contributed by atoms with E-state index in [-0.39, 0.29) is 5.91 Å². The zero-order chi connectivity index (χ0) is 18.6. The molecule has 1 aliphatic rings. The highest BCUT2D eigenvalue weighted by atomic mass is 16.5. The number of aromatic nitrogens is 1. The maximum Gasteiger partial charge on any atom is 0.235 e. The predicted molar refractivity (Wildman–Crippen MR) is 102 cm³/mol. The minimum atomic E-state index is -0.502. The van der Waals surface area contributed by atoms with E-state index in [0.29, 0.717) is 11.6 Å². The first-order valence-electron chi connectivity index (χ1n) is 9.06. The summed E-state index contributed by atoms with van der Waals surface area (Å²) in [5, 5.41) is 3.08. The molecule has 1 amide bonds. The van der Waals surface area contributed by atoms with Crippen molar-refractivity contribution >= 4 is 11.6 Å². The number of anilines is 1. The molecule has 1 fully saturated rings. The first-order chi connectivity index (χ1) is 12.6. The monoisotopic (exact) mass is 354 g/mol. The summed E-state index contributed by atoms with van der Waals surface area (Å²) in [7, 11) is 3.24. The van der Waals surface area contributed by atoms with E-state index in [1.165, 1.54) is 6.42 Å². The molecule has 138 valence electrons. The smallest absolute Gasteiger partial charge is 0.235 e. The van der Waals surface area contributed by atoms with Gasteiger partial charge < -0.3 is 14.8 Å². The molecule has 1 saturated carbocycles. The van der Waals surface area contributed by atoms with Crippen LogP contribution >= 0.6 is 0 Å². The number of hydrogen-bond donors (Lipinski definition) is 1. The predicted octanol–water partition coefficient (Wildman–Crippen LogP) is 4.25. The number of pyridine rings is 1. The van der Waals surface area contributed by atoms with Crippen LogP contribution in [0.2, 0.25) is 0 Å². The van der Waals surface area contributed by atoms with Crippen LogP contribution in [0.5, 0.6) is 11.6 Å². The molecule has 1 N–H and O–H groups in total. The normalized spacial score (nSPS) is 16.0. The zero-order valence-electron chi connectivity index (χ0n) is 15.7. The van der Waals surface area contributed by atoms with Gasteiger partial charge in [-0.15, -0.1) is 0 Å². The minimum absolute atomic E-state index is 0.0359. The number of aryl methyl sites for hydroxylation is 1. The molecule has 1 aliphatic carbocycles. The maximum atomic E-state index is 13.3. The van der Waals surface area contributed by atoms with Gasteiger partial charge in [-0.2, -0.15) is 0 Å². The number of hydrogen-bond acceptors (Lipinski definition) is 4. The van der Waals surface area contributed by atoms with Crippen LogP contribution in [0.1, 0.15) is 43.2 Å². The number of nitrogens with zero attached hydrogens (tertiary/aromatic N) is 1. The Kier molecular flexibility index (Phi) is 5.45. The highest BCUT2D eigenvalue weighted by Gasteiger charge is 2.41. The standard InChI is InChI=1S/C21H26N2O3/c1-15-13-17(14-22-19(15)26-3)23-20(24)21(11-5-4-6-12-21)16-7-9-18(25-2)10-8-16/h7-10,13-14H,4-6,11-12H2,1-3H3,(H,23,24). The Bertz CT molecular complexity index is 765. The molecular formula is C21H26N2O3. The van der Waals surface area contributed by atoms with Crippen molar-refractivity contribution in [1.29, 1.82) is 0 Å². The van der Waals surface area contributed by atoms with Crippen molar-refractivity contribution in [3.63, 3.8) is 0 Å². The second-order valence-corrected chi connectivity index (χ2v) is 6.88. The second kappa shape index (κ2) is 7.77. The van der Waals surface area contributed by atoms with Crippen LogP contribution in [0.4, 0.5) is 5.69 Å². The summed E-state index contributed by atoms with van der Waals surface area (Å²) in [6, 6.07) is 9.78. The van der Waals surface area contributed by atoms with Crippen LogP contribution < -0.4 is 14.8 Å². The molecular weight excluding hydrogens is 328 g/mol. The van der Waals surface area contributed by atoms with Crippen LogP contribution in [0, 0.1) is 6.92 Å². The summed E-state index contributed by atoms with van der Waals surface area (Å²) in [5.74, 6) is 1.41. The van der Waals surface area contributed by atoms with Gasteiger partial charge in [0.15, 0.2) is 0 Å². The lowest BCUT2D eigenvalue weighted by Crippen LogP contribution is -2.42. The fraction of sp³-hybridized carbons (Fsp3) is 0.429. The lowest BCUT2D eigenvalue weighted by Gasteiger charge is -2.36. The van der Waals surface area contributed by atoms with Crippen LogP contribution in [-0.4, -0.2) is 25.1 Å². The average Bonchev–Trinajstić information content (AvgIpc) is 2.68. The third-order valence-electron chi connectivity index (χ3n) is 5.27. The first kappa shape index (κ1) is 18.2. The molecule has 1 aromatic carbocycles. The van der Waals surface area contributed by atoms with E-state index in [4.69, 9.17) is 9.47 Å². The third-order valence-corrected chi connectivity index (χ3v) is 5.27. The molecule has 0 atom stereocenters. The fourth-order valence-corrected chi connectivity index (χ4v) is 3.81. The van der Waals surface area contributed by atoms with Gasteiger partial charge in [-0.1, -0.05) is 31.4 Å². The summed E-state index contributed by atoms with van der Waals surface area (Å²) in [6.45, 7) is 1.92. The number of methoxy groups -OCH3 is 2. The molecule has 5 nitrogen and oxygen atoms in total. The number of amides is 1. The Morgan fingerprint density at radius 3 is 2.35 bits per heavy atom. The van der Waals surface area contributed by atoms with Crippen LogP contribution in [0.25, 0.3) is 0 Å². The topological polar surface area (TPSA) is 60.5 Å². The second-order valence-electron chi connectivity index (χ2n) is 6.88. The van der Waals surface area contributed by atoms with E-state index >= 15 is 0 Å². The lowest BCUT2D eigenvalue weighted by atomic mass is 9.68. The van der Waals surface area contributed by atoms with Crippen molar-refractivity contribution < 1.29 is 14.3 Å². The number of carbonyl (C=O) groups is 1. The quantitative estimate of drug-likeness (QED) is 0.872. The SMILES string of the molecule is COc1ccc(C2(C(=O)Nc3cnc(OC)c(C)c3)CCCCC2)cc1. The lowest BCUT2D eigenvalue weighted by molar-refractivity contribution is -0.122. The molecule has 2 aromatic rings. The maximum absolute atomic E-state index is 13.3. The van der Waals surface area contributed by atoms with E-state index in [9.17, 15) is 4.79 Å². The summed E-state index contributed by atoms with van der Waals surface area (Å²) < 4.78 is 10.5. The Morgan fingerprint density at radius 2 is 1.77 bits per heavy atom. The van der Waals surface area contributed by atoms with Gasteiger partial charge in [-0.05, 0) is 43.5 Å². The molecule has 0 bridgehead atoms. The van der Waals surface area contributed by atoms with Crippen LogP contribution in [0.3, 0.4) is 0 Å². The first-order valence-corrected chi connectivity index (χ1v) is 9.06. The van der Waals surface area contributed by atoms with Gasteiger partial charge in [0.25, 0.3) is 0 Å². The summed E-state index contributed by atoms with van der Waals surface area (Å²) >= 11 is 0. The summed E-state index contributed by atoms with van der Waals surface area (Å²) in [4.78, 5) is 17.6. The number of ether oxygens (including phenoxy) is 2. The molecule has 0 spiro atoms. The Labute approximate surface area is 154 Å². The third kappa shape index (κ3) is 3.52. The molecule has 0 saturated heterocycles. The number of nitrogens with one attached hydrogen (secondary N) is 1. The van der Waals surface area contributed by atoms with Crippen molar-refractivity contribution in [3.8, 4) is 11.6 Å². The van der Waals surface area contributed by atoms with Gasteiger partial charge in [0.05, 0.1) is 31.5 Å². The van der Waals surface area contributed by atoms with Gasteiger partial charge in [-0.25, -0.2) is 4.98 Å². The van der Waals surface area contributed by atoms with E-state index in [1.807, 2.05) is 37.3 Å². The van der Waals surface area contributed by atoms with Crippen LogP contribution in [-0.2, 0) is 10.2 Å². The zero-order valence-corrected chi connectivity index (χ0v) is 15.7. The number of carbonyl (C=O) groups excluding carboxylic acids is 1. The summed E-state index contributed by atoms with van der Waals surface area (Å²) in [5.41, 5.74) is 2.14. The number of rotatable bonds is 5. The molecule has 1 heterocycles. The van der Waals surface area contributed by atoms with Crippen molar-refractivity contribution in [3.05, 3.63) is 47.7 Å². The van der Waals surface area contributed by atoms with Gasteiger partial charge in [0, 0.05) is 5.56 Å². The van der Waals surface area contributed by atoms with Gasteiger partial charge in [-0.3, -0.25) is 4.79 Å². The van der Waals surface area contributed by atoms with Crippen LogP contribution in [0.15, 0.2) is 36.5 Å². The minimum Gasteiger partial charge on any atom is -0.497 e. The molecule has 0 radical (unpaired) electrons. The molecule has 0 aliphatic heterocycles. The highest BCUT2D eigenvalue weighted by molar-refractivity contribution is 5.99. The van der Waals surface area contributed by atoms with E-state index in [1.54, 1.807) is 20.4 Å². The Balaban J connectivity index is 1.89. The summed E-state index contributed by atoms with van der Waals surface area (Å²) in [6.07, 6.45) is 6.64. The van der Waals surface area contributed by atoms with Gasteiger partial charge >= 0.3 is 0 Å². The molecule has 5 heteroatoms. The van der Waals surface area contributed by atoms with E-state index in [2.05, 4.69) is 10.3 Å². The van der Waals surface area contributed by atoms with Crippen molar-refractivity contribution in [2.45, 2.75) is 44.4 Å². The fourth-order valence-electron chi connectivity index (χ4n) is 3.81. The van der Waals surface area contributed by atoms with Gasteiger partial charge in [0.1, 0.15) is 5.75 Å². The molecule has 3 rings (SSSR count). The highest BCUT2D eigenvalue weighted by Crippen LogP contribution is 2.41. The molecule has 0 unspecified atom stereocenters. The number of benzene rings is 1.